The van der Waals surface area contributed by atoms with E-state index in [0.717, 1.165) is 18.2 Å². The average Bonchev–Trinajstić information content (AvgIpc) is 2.94. The second-order valence-electron chi connectivity index (χ2n) is 4.30. The van der Waals surface area contributed by atoms with Gasteiger partial charge in [0, 0.05) is 36.0 Å². The summed E-state index contributed by atoms with van der Waals surface area (Å²) < 4.78 is 71.0. The van der Waals surface area contributed by atoms with Crippen LogP contribution in [-0.2, 0) is 16.4 Å². The van der Waals surface area contributed by atoms with Gasteiger partial charge < -0.3 is 9.26 Å². The van der Waals surface area contributed by atoms with E-state index in [-0.39, 0.29) is 35.4 Å². The molecule has 0 bridgehead atoms. The summed E-state index contributed by atoms with van der Waals surface area (Å²) in [5.74, 6) is -2.72. The van der Waals surface area contributed by atoms with Crippen LogP contribution in [0.25, 0.3) is 0 Å². The van der Waals surface area contributed by atoms with Crippen LogP contribution in [0.15, 0.2) is 33.7 Å². The standard InChI is InChI=1S/C12H10F3N3O5S.Na/c1-2-9-16-11(23-17-9)10(19)18-24(20,21)8-6-4-3-5-7(8)22-12(13,14)15;/h3-6H,2H2,1H3,(H,18,19);. The summed E-state index contributed by atoms with van der Waals surface area (Å²) in [7, 11) is -4.66. The number of para-hydroxylation sites is 1. The molecule has 1 N–H and O–H groups in total. The van der Waals surface area contributed by atoms with Crippen LogP contribution >= 0.6 is 0 Å². The summed E-state index contributed by atoms with van der Waals surface area (Å²) in [5.41, 5.74) is 0. The molecule has 0 spiro atoms. The fourth-order valence-electron chi connectivity index (χ4n) is 1.59. The predicted molar refractivity (Wildman–Crippen MR) is 77.2 cm³/mol. The summed E-state index contributed by atoms with van der Waals surface area (Å²) in [4.78, 5) is 14.6. The molecule has 0 saturated carbocycles. The van der Waals surface area contributed by atoms with Crippen molar-refractivity contribution >= 4 is 45.5 Å². The molecule has 1 heterocycles. The molecule has 2 aromatic rings. The molecule has 131 valence electrons. The number of amides is 1. The van der Waals surface area contributed by atoms with E-state index in [1.165, 1.54) is 6.07 Å². The third-order valence-electron chi connectivity index (χ3n) is 2.57. The van der Waals surface area contributed by atoms with Crippen LogP contribution in [0.5, 0.6) is 5.75 Å². The number of hydrogen-bond donors (Lipinski definition) is 1. The van der Waals surface area contributed by atoms with Crippen LogP contribution < -0.4 is 9.46 Å². The van der Waals surface area contributed by atoms with Gasteiger partial charge in [0.05, 0.1) is 0 Å². The van der Waals surface area contributed by atoms with E-state index in [9.17, 15) is 26.4 Å². The molecular weight excluding hydrogens is 378 g/mol. The number of sulfonamides is 1. The second-order valence-corrected chi connectivity index (χ2v) is 5.95. The van der Waals surface area contributed by atoms with Crippen molar-refractivity contribution < 1.29 is 35.6 Å². The molecule has 0 fully saturated rings. The van der Waals surface area contributed by atoms with E-state index in [4.69, 9.17) is 0 Å². The molecule has 1 amide bonds. The minimum atomic E-state index is -5.10. The molecule has 2 rings (SSSR count). The number of ether oxygens (including phenoxy) is 1. The predicted octanol–water partition coefficient (Wildman–Crippen LogP) is 1.27. The number of aromatic nitrogens is 2. The average molecular weight is 388 g/mol. The molecular formula is C12H10F3N3NaO5S. The number of benzene rings is 1. The van der Waals surface area contributed by atoms with Gasteiger partial charge in [-0.25, -0.2) is 13.1 Å². The number of rotatable bonds is 5. The summed E-state index contributed by atoms with van der Waals surface area (Å²) in [6.45, 7) is 1.67. The first kappa shape index (κ1) is 21.4. The molecule has 0 saturated heterocycles. The van der Waals surface area contributed by atoms with Crippen LogP contribution in [0, 0.1) is 0 Å². The first-order chi connectivity index (χ1) is 11.1. The maximum atomic E-state index is 12.3. The summed E-state index contributed by atoms with van der Waals surface area (Å²) in [6, 6.07) is 3.97. The van der Waals surface area contributed by atoms with E-state index < -0.39 is 38.8 Å². The number of halogens is 3. The second kappa shape index (κ2) is 8.17. The minimum Gasteiger partial charge on any atom is -0.404 e. The third-order valence-corrected chi connectivity index (χ3v) is 3.94. The van der Waals surface area contributed by atoms with Crippen molar-refractivity contribution in [1.29, 1.82) is 0 Å². The van der Waals surface area contributed by atoms with Gasteiger partial charge in [0.1, 0.15) is 10.6 Å². The Morgan fingerprint density at radius 1 is 1.32 bits per heavy atom. The SMILES string of the molecule is CCc1noc(C(=O)NS(=O)(=O)c2ccccc2OC(F)(F)F)n1.[Na]. The van der Waals surface area contributed by atoms with Gasteiger partial charge in [-0.3, -0.25) is 4.79 Å². The quantitative estimate of drug-likeness (QED) is 0.768. The van der Waals surface area contributed by atoms with E-state index in [2.05, 4.69) is 19.4 Å². The number of hydrogen-bond acceptors (Lipinski definition) is 7. The molecule has 1 radical (unpaired) electrons. The van der Waals surface area contributed by atoms with E-state index in [1.807, 2.05) is 0 Å². The Balaban J connectivity index is 0.00000312. The zero-order chi connectivity index (χ0) is 18.0. The molecule has 0 aliphatic heterocycles. The number of nitrogens with one attached hydrogen (secondary N) is 1. The van der Waals surface area contributed by atoms with Gasteiger partial charge in [-0.05, 0) is 12.1 Å². The van der Waals surface area contributed by atoms with Crippen LogP contribution in [0.4, 0.5) is 13.2 Å². The molecule has 25 heavy (non-hydrogen) atoms. The zero-order valence-corrected chi connectivity index (χ0v) is 15.8. The summed E-state index contributed by atoms with van der Waals surface area (Å²) in [6.07, 6.45) is -4.76. The van der Waals surface area contributed by atoms with Crippen LogP contribution in [0.2, 0.25) is 0 Å². The van der Waals surface area contributed by atoms with Crippen molar-refractivity contribution in [2.24, 2.45) is 0 Å². The van der Waals surface area contributed by atoms with E-state index in [0.29, 0.717) is 6.42 Å². The van der Waals surface area contributed by atoms with Gasteiger partial charge in [-0.15, -0.1) is 13.2 Å². The van der Waals surface area contributed by atoms with Crippen molar-refractivity contribution in [3.05, 3.63) is 36.0 Å². The number of carbonyl (C=O) groups is 1. The number of carbonyl (C=O) groups excluding carboxylic acids is 1. The first-order valence-corrected chi connectivity index (χ1v) is 7.85. The largest absolute Gasteiger partial charge is 0.573 e. The Morgan fingerprint density at radius 2 is 1.96 bits per heavy atom. The van der Waals surface area contributed by atoms with Crippen LogP contribution in [0.1, 0.15) is 23.4 Å². The van der Waals surface area contributed by atoms with E-state index in [1.54, 1.807) is 11.6 Å². The van der Waals surface area contributed by atoms with Gasteiger partial charge in [-0.1, -0.05) is 24.2 Å². The molecule has 0 atom stereocenters. The van der Waals surface area contributed by atoms with Crippen molar-refractivity contribution in [2.75, 3.05) is 0 Å². The summed E-state index contributed by atoms with van der Waals surface area (Å²) >= 11 is 0. The minimum absolute atomic E-state index is 0. The smallest absolute Gasteiger partial charge is 0.404 e. The Hall–Kier alpha value is -1.63. The van der Waals surface area contributed by atoms with Crippen LogP contribution in [-0.4, -0.2) is 60.4 Å². The number of alkyl halides is 3. The Kier molecular flexibility index (Phi) is 6.99. The number of aryl methyl sites for hydroxylation is 1. The topological polar surface area (TPSA) is 111 Å². The molecule has 13 heteroatoms. The Bertz CT molecular complexity index is 854. The summed E-state index contributed by atoms with van der Waals surface area (Å²) in [5, 5.41) is 3.41. The molecule has 8 nitrogen and oxygen atoms in total. The van der Waals surface area contributed by atoms with Crippen molar-refractivity contribution in [1.82, 2.24) is 14.9 Å². The van der Waals surface area contributed by atoms with Gasteiger partial charge in [0.15, 0.2) is 5.82 Å². The Morgan fingerprint density at radius 3 is 2.52 bits per heavy atom. The van der Waals surface area contributed by atoms with Gasteiger partial charge >= 0.3 is 18.2 Å². The monoisotopic (exact) mass is 388 g/mol. The van der Waals surface area contributed by atoms with Crippen molar-refractivity contribution in [3.63, 3.8) is 0 Å². The van der Waals surface area contributed by atoms with E-state index >= 15 is 0 Å². The van der Waals surface area contributed by atoms with Gasteiger partial charge in [0.2, 0.25) is 0 Å². The zero-order valence-electron chi connectivity index (χ0n) is 13.0. The van der Waals surface area contributed by atoms with Crippen molar-refractivity contribution in [2.45, 2.75) is 24.6 Å². The van der Waals surface area contributed by atoms with Crippen LogP contribution in [0.3, 0.4) is 0 Å². The third kappa shape index (κ3) is 5.70. The van der Waals surface area contributed by atoms with Gasteiger partial charge in [-0.2, -0.15) is 4.98 Å². The fraction of sp³-hybridized carbons (Fsp3) is 0.250. The fourth-order valence-corrected chi connectivity index (χ4v) is 2.67. The molecule has 1 aromatic carbocycles. The van der Waals surface area contributed by atoms with Gasteiger partial charge in [0.25, 0.3) is 10.0 Å². The Labute approximate surface area is 162 Å². The molecule has 0 unspecified atom stereocenters. The molecule has 0 aliphatic rings. The molecule has 1 aromatic heterocycles. The molecule has 0 aliphatic carbocycles. The maximum Gasteiger partial charge on any atom is 0.573 e. The normalized spacial score (nSPS) is 11.5. The first-order valence-electron chi connectivity index (χ1n) is 6.37. The maximum absolute atomic E-state index is 12.3. The number of nitrogens with zero attached hydrogens (tertiary/aromatic N) is 2. The van der Waals surface area contributed by atoms with Crippen molar-refractivity contribution in [3.8, 4) is 5.75 Å².